The van der Waals surface area contributed by atoms with Crippen LogP contribution in [0.3, 0.4) is 0 Å². The quantitative estimate of drug-likeness (QED) is 0.428. The van der Waals surface area contributed by atoms with Crippen molar-refractivity contribution in [2.24, 2.45) is 0 Å². The molecule has 1 saturated heterocycles. The van der Waals surface area contributed by atoms with Crippen molar-refractivity contribution in [2.75, 3.05) is 12.8 Å². The van der Waals surface area contributed by atoms with E-state index < -0.39 is 25.3 Å². The van der Waals surface area contributed by atoms with Gasteiger partial charge in [-0.1, -0.05) is 0 Å². The molecule has 0 radical (unpaired) electrons. The van der Waals surface area contributed by atoms with Gasteiger partial charge in [-0.25, -0.2) is 4.79 Å². The molecule has 0 aromatic rings. The van der Waals surface area contributed by atoms with Gasteiger partial charge in [0.2, 0.25) is 0 Å². The van der Waals surface area contributed by atoms with Crippen LogP contribution in [0.1, 0.15) is 6.42 Å². The molecule has 2 atom stereocenters. The summed E-state index contributed by atoms with van der Waals surface area (Å²) in [5, 5.41) is 4.39. The maximum atomic E-state index is 10.9. The molecule has 0 saturated carbocycles. The minimum atomic E-state index is -3.10. The highest BCUT2D eigenvalue weighted by Gasteiger charge is 2.30. The van der Waals surface area contributed by atoms with Crippen molar-refractivity contribution < 1.29 is 19.0 Å². The van der Waals surface area contributed by atoms with Crippen LogP contribution in [0.2, 0.25) is 0 Å². The minimum absolute atomic E-state index is 0.0331. The van der Waals surface area contributed by atoms with Crippen molar-refractivity contribution in [1.82, 2.24) is 10.6 Å². The van der Waals surface area contributed by atoms with Crippen LogP contribution >= 0.6 is 7.37 Å². The van der Waals surface area contributed by atoms with Crippen LogP contribution < -0.4 is 10.6 Å². The summed E-state index contributed by atoms with van der Waals surface area (Å²) in [7, 11) is -3.10. The zero-order valence-electron chi connectivity index (χ0n) is 7.11. The van der Waals surface area contributed by atoms with Gasteiger partial charge in [-0.3, -0.25) is 14.7 Å². The van der Waals surface area contributed by atoms with E-state index in [1.165, 1.54) is 6.66 Å². The third-order valence-electron chi connectivity index (χ3n) is 1.69. The average Bonchev–Trinajstić information content (AvgIpc) is 2.24. The molecular weight excluding hydrogens is 195 g/mol. The molecule has 3 N–H and O–H groups in total. The molecule has 0 aliphatic carbocycles. The van der Waals surface area contributed by atoms with Crippen LogP contribution in [-0.2, 0) is 9.36 Å². The van der Waals surface area contributed by atoms with E-state index in [-0.39, 0.29) is 12.6 Å². The molecule has 0 aromatic heterocycles. The zero-order chi connectivity index (χ0) is 10.1. The van der Waals surface area contributed by atoms with E-state index in [1.807, 2.05) is 5.32 Å². The van der Waals surface area contributed by atoms with Crippen molar-refractivity contribution in [3.8, 4) is 0 Å². The Labute approximate surface area is 75.2 Å². The van der Waals surface area contributed by atoms with E-state index in [1.54, 1.807) is 0 Å². The summed E-state index contributed by atoms with van der Waals surface area (Å²) in [5.41, 5.74) is 0. The first kappa shape index (κ1) is 10.2. The highest BCUT2D eigenvalue weighted by molar-refractivity contribution is 7.57. The Morgan fingerprint density at radius 1 is 1.54 bits per heavy atom. The number of carbonyl (C=O) groups is 2. The van der Waals surface area contributed by atoms with Gasteiger partial charge in [-0.15, -0.1) is 0 Å². The number of imide groups is 1. The van der Waals surface area contributed by atoms with Crippen LogP contribution in [-0.4, -0.2) is 35.7 Å². The SMILES string of the molecule is CP(=O)(O)CC[C@H]1NC(=O)NC1=O. The number of hydrogen-bond donors (Lipinski definition) is 3. The molecule has 3 amide bonds. The molecule has 1 fully saturated rings. The Morgan fingerprint density at radius 2 is 2.15 bits per heavy atom. The first-order valence-electron chi connectivity index (χ1n) is 3.79. The fourth-order valence-electron chi connectivity index (χ4n) is 1.03. The molecule has 0 aromatic carbocycles. The van der Waals surface area contributed by atoms with E-state index in [0.29, 0.717) is 0 Å². The first-order chi connectivity index (χ1) is 5.88. The number of amides is 3. The monoisotopic (exact) mass is 206 g/mol. The van der Waals surface area contributed by atoms with Gasteiger partial charge in [0.25, 0.3) is 5.91 Å². The smallest absolute Gasteiger partial charge is 0.322 e. The molecule has 6 nitrogen and oxygen atoms in total. The van der Waals surface area contributed by atoms with Gasteiger partial charge in [-0.2, -0.15) is 0 Å². The largest absolute Gasteiger partial charge is 0.344 e. The summed E-state index contributed by atoms with van der Waals surface area (Å²) in [6.07, 6.45) is 0.229. The van der Waals surface area contributed by atoms with Crippen LogP contribution in [0.25, 0.3) is 0 Å². The topological polar surface area (TPSA) is 95.5 Å². The minimum Gasteiger partial charge on any atom is -0.344 e. The van der Waals surface area contributed by atoms with Crippen LogP contribution in [0.15, 0.2) is 0 Å². The highest BCUT2D eigenvalue weighted by Crippen LogP contribution is 2.36. The molecule has 74 valence electrons. The number of nitrogens with one attached hydrogen (secondary N) is 2. The standard InChI is InChI=1S/C6H11N2O4P/c1-13(11,12)3-2-4-5(9)8-6(10)7-4/h4H,2-3H2,1H3,(H,11,12)(H2,7,8,9,10)/t4-/m1/s1. The Hall–Kier alpha value is -0.870. The Kier molecular flexibility index (Phi) is 2.73. The molecule has 1 aliphatic rings. The second kappa shape index (κ2) is 3.47. The molecular formula is C6H11N2O4P. The third-order valence-corrected chi connectivity index (χ3v) is 2.78. The summed E-state index contributed by atoms with van der Waals surface area (Å²) in [6, 6.07) is -1.20. The van der Waals surface area contributed by atoms with Gasteiger partial charge < -0.3 is 10.2 Å². The van der Waals surface area contributed by atoms with Gasteiger partial charge in [0.15, 0.2) is 7.37 Å². The highest BCUT2D eigenvalue weighted by atomic mass is 31.2. The lowest BCUT2D eigenvalue weighted by Crippen LogP contribution is -2.29. The van der Waals surface area contributed by atoms with Gasteiger partial charge in [0.1, 0.15) is 6.04 Å². The molecule has 7 heteroatoms. The zero-order valence-corrected chi connectivity index (χ0v) is 8.01. The van der Waals surface area contributed by atoms with Crippen molar-refractivity contribution in [3.05, 3.63) is 0 Å². The van der Waals surface area contributed by atoms with Crippen LogP contribution in [0.4, 0.5) is 4.79 Å². The second-order valence-corrected chi connectivity index (χ2v) is 5.63. The lowest BCUT2D eigenvalue weighted by Gasteiger charge is -2.08. The lowest BCUT2D eigenvalue weighted by atomic mass is 10.2. The Morgan fingerprint density at radius 3 is 2.54 bits per heavy atom. The van der Waals surface area contributed by atoms with Crippen molar-refractivity contribution >= 4 is 19.3 Å². The van der Waals surface area contributed by atoms with Crippen LogP contribution in [0, 0.1) is 0 Å². The van der Waals surface area contributed by atoms with Crippen LogP contribution in [0.5, 0.6) is 0 Å². The van der Waals surface area contributed by atoms with Crippen molar-refractivity contribution in [3.63, 3.8) is 0 Å². The molecule has 1 heterocycles. The predicted molar refractivity (Wildman–Crippen MR) is 45.7 cm³/mol. The van der Waals surface area contributed by atoms with Gasteiger partial charge in [0.05, 0.1) is 0 Å². The summed E-state index contributed by atoms with van der Waals surface area (Å²) < 4.78 is 10.9. The normalized spacial score (nSPS) is 26.5. The third kappa shape index (κ3) is 3.16. The van der Waals surface area contributed by atoms with Crippen molar-refractivity contribution in [1.29, 1.82) is 0 Å². The van der Waals surface area contributed by atoms with Gasteiger partial charge in [0, 0.05) is 12.8 Å². The summed E-state index contributed by atoms with van der Waals surface area (Å²) >= 11 is 0. The molecule has 13 heavy (non-hydrogen) atoms. The van der Waals surface area contributed by atoms with E-state index in [2.05, 4.69) is 5.32 Å². The summed E-state index contributed by atoms with van der Waals surface area (Å²) in [4.78, 5) is 30.5. The van der Waals surface area contributed by atoms with Gasteiger partial charge in [-0.05, 0) is 6.42 Å². The van der Waals surface area contributed by atoms with E-state index in [4.69, 9.17) is 4.89 Å². The average molecular weight is 206 g/mol. The molecule has 0 spiro atoms. The van der Waals surface area contributed by atoms with Crippen molar-refractivity contribution in [2.45, 2.75) is 12.5 Å². The number of rotatable bonds is 3. The first-order valence-corrected chi connectivity index (χ1v) is 6.08. The van der Waals surface area contributed by atoms with E-state index in [0.717, 1.165) is 0 Å². The maximum Gasteiger partial charge on any atom is 0.322 e. The molecule has 1 unspecified atom stereocenters. The molecule has 1 rings (SSSR count). The predicted octanol–water partition coefficient (Wildman–Crippen LogP) is -0.515. The fraction of sp³-hybridized carbons (Fsp3) is 0.667. The Balaban J connectivity index is 2.43. The second-order valence-electron chi connectivity index (χ2n) is 3.08. The lowest BCUT2D eigenvalue weighted by molar-refractivity contribution is -0.120. The number of urea groups is 1. The molecule has 1 aliphatic heterocycles. The Bertz CT molecular complexity index is 284. The summed E-state index contributed by atoms with van der Waals surface area (Å²) in [5.74, 6) is -0.432. The molecule has 0 bridgehead atoms. The number of hydrogen-bond acceptors (Lipinski definition) is 3. The van der Waals surface area contributed by atoms with Gasteiger partial charge >= 0.3 is 6.03 Å². The van der Waals surface area contributed by atoms with E-state index >= 15 is 0 Å². The number of carbonyl (C=O) groups excluding carboxylic acids is 2. The maximum absolute atomic E-state index is 10.9. The van der Waals surface area contributed by atoms with E-state index in [9.17, 15) is 14.2 Å². The fourth-order valence-corrected chi connectivity index (χ4v) is 1.77. The summed E-state index contributed by atoms with van der Waals surface area (Å²) in [6.45, 7) is 1.22.